The van der Waals surface area contributed by atoms with Gasteiger partial charge in [0.15, 0.2) is 0 Å². The maximum atomic E-state index is 11.9. The van der Waals surface area contributed by atoms with E-state index < -0.39 is 0 Å². The van der Waals surface area contributed by atoms with Gasteiger partial charge in [0, 0.05) is 11.6 Å². The van der Waals surface area contributed by atoms with Crippen LogP contribution in [-0.4, -0.2) is 23.6 Å². The molecule has 1 rings (SSSR count). The van der Waals surface area contributed by atoms with Crippen LogP contribution in [0, 0.1) is 6.92 Å². The van der Waals surface area contributed by atoms with E-state index >= 15 is 0 Å². The lowest BCUT2D eigenvalue weighted by Gasteiger charge is -2.14. The Morgan fingerprint density at radius 3 is 2.82 bits per heavy atom. The number of phenols is 1. The van der Waals surface area contributed by atoms with Crippen LogP contribution in [0.25, 0.3) is 0 Å². The molecule has 0 heterocycles. The Morgan fingerprint density at radius 1 is 1.53 bits per heavy atom. The Bertz CT molecular complexity index is 391. The number of rotatable bonds is 5. The average molecular weight is 236 g/mol. The van der Waals surface area contributed by atoms with E-state index in [4.69, 9.17) is 5.73 Å². The molecule has 0 saturated heterocycles. The molecule has 94 valence electrons. The van der Waals surface area contributed by atoms with Crippen LogP contribution in [0.2, 0.25) is 0 Å². The van der Waals surface area contributed by atoms with Gasteiger partial charge in [-0.05, 0) is 57.0 Å². The van der Waals surface area contributed by atoms with E-state index in [1.807, 2.05) is 6.92 Å². The van der Waals surface area contributed by atoms with Gasteiger partial charge in [0.2, 0.25) is 0 Å². The molecule has 1 aromatic rings. The highest BCUT2D eigenvalue weighted by Crippen LogP contribution is 2.15. The fraction of sp³-hybridized carbons (Fsp3) is 0.462. The van der Waals surface area contributed by atoms with Crippen molar-refractivity contribution in [2.24, 2.45) is 5.73 Å². The van der Waals surface area contributed by atoms with Crippen molar-refractivity contribution in [2.45, 2.75) is 32.7 Å². The molecule has 0 fully saturated rings. The van der Waals surface area contributed by atoms with E-state index in [0.29, 0.717) is 12.1 Å². The maximum absolute atomic E-state index is 11.9. The highest BCUT2D eigenvalue weighted by Gasteiger charge is 2.11. The molecule has 0 radical (unpaired) electrons. The number of hydrogen-bond donors (Lipinski definition) is 3. The van der Waals surface area contributed by atoms with Gasteiger partial charge in [-0.3, -0.25) is 4.79 Å². The second kappa shape index (κ2) is 6.25. The number of hydrogen-bond acceptors (Lipinski definition) is 3. The molecule has 4 heteroatoms. The molecule has 0 saturated carbocycles. The van der Waals surface area contributed by atoms with Crippen molar-refractivity contribution in [3.8, 4) is 5.75 Å². The van der Waals surface area contributed by atoms with Crippen LogP contribution in [0.5, 0.6) is 5.75 Å². The largest absolute Gasteiger partial charge is 0.508 e. The minimum absolute atomic E-state index is 0.105. The number of aromatic hydroxyl groups is 1. The van der Waals surface area contributed by atoms with Crippen molar-refractivity contribution in [3.05, 3.63) is 29.3 Å². The molecule has 0 aliphatic heterocycles. The number of nitrogens with one attached hydrogen (secondary N) is 1. The van der Waals surface area contributed by atoms with Crippen LogP contribution in [0.15, 0.2) is 18.2 Å². The number of aryl methyl sites for hydroxylation is 1. The Balaban J connectivity index is 2.63. The van der Waals surface area contributed by atoms with Crippen LogP contribution in [0.1, 0.15) is 35.7 Å². The monoisotopic (exact) mass is 236 g/mol. The van der Waals surface area contributed by atoms with E-state index in [2.05, 4.69) is 5.32 Å². The van der Waals surface area contributed by atoms with Gasteiger partial charge in [-0.25, -0.2) is 0 Å². The quantitative estimate of drug-likeness (QED) is 0.726. The fourth-order valence-corrected chi connectivity index (χ4v) is 1.70. The van der Waals surface area contributed by atoms with Crippen LogP contribution in [-0.2, 0) is 0 Å². The van der Waals surface area contributed by atoms with Gasteiger partial charge < -0.3 is 16.2 Å². The zero-order chi connectivity index (χ0) is 12.8. The lowest BCUT2D eigenvalue weighted by atomic mass is 10.1. The summed E-state index contributed by atoms with van der Waals surface area (Å²) in [4.78, 5) is 11.9. The molecular weight excluding hydrogens is 216 g/mol. The van der Waals surface area contributed by atoms with Crippen LogP contribution in [0.3, 0.4) is 0 Å². The van der Waals surface area contributed by atoms with Gasteiger partial charge in [0.05, 0.1) is 0 Å². The highest BCUT2D eigenvalue weighted by atomic mass is 16.3. The van der Waals surface area contributed by atoms with Gasteiger partial charge in [-0.1, -0.05) is 0 Å². The molecule has 17 heavy (non-hydrogen) atoms. The second-order valence-corrected chi connectivity index (χ2v) is 4.30. The molecule has 0 aromatic heterocycles. The van der Waals surface area contributed by atoms with Gasteiger partial charge >= 0.3 is 0 Å². The van der Waals surface area contributed by atoms with Crippen molar-refractivity contribution in [1.29, 1.82) is 0 Å². The van der Waals surface area contributed by atoms with Crippen molar-refractivity contribution in [1.82, 2.24) is 5.32 Å². The molecular formula is C13H20N2O2. The SMILES string of the molecule is Cc1cc(O)ccc1C(=O)NC(C)CCCN. The van der Waals surface area contributed by atoms with Crippen molar-refractivity contribution in [3.63, 3.8) is 0 Å². The first-order valence-corrected chi connectivity index (χ1v) is 5.85. The molecule has 4 nitrogen and oxygen atoms in total. The summed E-state index contributed by atoms with van der Waals surface area (Å²) in [6, 6.07) is 4.85. The lowest BCUT2D eigenvalue weighted by Crippen LogP contribution is -2.33. The summed E-state index contributed by atoms with van der Waals surface area (Å²) in [6.07, 6.45) is 1.77. The Morgan fingerprint density at radius 2 is 2.24 bits per heavy atom. The Kier molecular flexibility index (Phi) is 4.97. The Labute approximate surface area is 102 Å². The average Bonchev–Trinajstić information content (AvgIpc) is 2.26. The van der Waals surface area contributed by atoms with E-state index in [1.54, 1.807) is 19.1 Å². The molecule has 4 N–H and O–H groups in total. The lowest BCUT2D eigenvalue weighted by molar-refractivity contribution is 0.0937. The van der Waals surface area contributed by atoms with E-state index in [-0.39, 0.29) is 17.7 Å². The van der Waals surface area contributed by atoms with Crippen LogP contribution >= 0.6 is 0 Å². The third-order valence-electron chi connectivity index (χ3n) is 2.67. The summed E-state index contributed by atoms with van der Waals surface area (Å²) < 4.78 is 0. The van der Waals surface area contributed by atoms with Crippen molar-refractivity contribution < 1.29 is 9.90 Å². The maximum Gasteiger partial charge on any atom is 0.251 e. The molecule has 1 atom stereocenters. The second-order valence-electron chi connectivity index (χ2n) is 4.30. The molecule has 1 unspecified atom stereocenters. The topological polar surface area (TPSA) is 75.3 Å². The first-order valence-electron chi connectivity index (χ1n) is 5.85. The van der Waals surface area contributed by atoms with Crippen LogP contribution < -0.4 is 11.1 Å². The van der Waals surface area contributed by atoms with E-state index in [9.17, 15) is 9.90 Å². The molecule has 1 amide bonds. The predicted molar refractivity (Wildman–Crippen MR) is 68.1 cm³/mol. The summed E-state index contributed by atoms with van der Waals surface area (Å²) in [7, 11) is 0. The summed E-state index contributed by atoms with van der Waals surface area (Å²) >= 11 is 0. The van der Waals surface area contributed by atoms with Gasteiger partial charge in [0.1, 0.15) is 5.75 Å². The molecule has 0 spiro atoms. The third-order valence-corrected chi connectivity index (χ3v) is 2.67. The number of carbonyl (C=O) groups excluding carboxylic acids is 1. The fourth-order valence-electron chi connectivity index (χ4n) is 1.70. The molecule has 0 bridgehead atoms. The Hall–Kier alpha value is -1.55. The summed E-state index contributed by atoms with van der Waals surface area (Å²) in [6.45, 7) is 4.40. The normalized spacial score (nSPS) is 12.2. The van der Waals surface area contributed by atoms with Gasteiger partial charge in [-0.15, -0.1) is 0 Å². The van der Waals surface area contributed by atoms with Crippen molar-refractivity contribution in [2.75, 3.05) is 6.54 Å². The number of amides is 1. The minimum atomic E-state index is -0.105. The number of carbonyl (C=O) groups is 1. The first kappa shape index (κ1) is 13.5. The first-order chi connectivity index (χ1) is 8.04. The molecule has 1 aromatic carbocycles. The van der Waals surface area contributed by atoms with E-state index in [1.165, 1.54) is 6.07 Å². The standard InChI is InChI=1S/C13H20N2O2/c1-9-8-11(16)5-6-12(9)13(17)15-10(2)4-3-7-14/h5-6,8,10,16H,3-4,7,14H2,1-2H3,(H,15,17). The zero-order valence-electron chi connectivity index (χ0n) is 10.4. The number of benzene rings is 1. The molecule has 0 aliphatic carbocycles. The van der Waals surface area contributed by atoms with E-state index in [0.717, 1.165) is 18.4 Å². The highest BCUT2D eigenvalue weighted by molar-refractivity contribution is 5.95. The summed E-state index contributed by atoms with van der Waals surface area (Å²) in [5, 5.41) is 12.2. The zero-order valence-corrected chi connectivity index (χ0v) is 10.4. The number of phenolic OH excluding ortho intramolecular Hbond substituents is 1. The van der Waals surface area contributed by atoms with Crippen LogP contribution in [0.4, 0.5) is 0 Å². The summed E-state index contributed by atoms with van der Waals surface area (Å²) in [5.41, 5.74) is 6.79. The molecule has 0 aliphatic rings. The minimum Gasteiger partial charge on any atom is -0.508 e. The van der Waals surface area contributed by atoms with Crippen molar-refractivity contribution >= 4 is 5.91 Å². The third kappa shape index (κ3) is 4.07. The number of nitrogens with two attached hydrogens (primary N) is 1. The van der Waals surface area contributed by atoms with Gasteiger partial charge in [0.25, 0.3) is 5.91 Å². The summed E-state index contributed by atoms with van der Waals surface area (Å²) in [5.74, 6) is 0.0715. The predicted octanol–water partition coefficient (Wildman–Crippen LogP) is 1.56. The smallest absolute Gasteiger partial charge is 0.251 e. The van der Waals surface area contributed by atoms with Gasteiger partial charge in [-0.2, -0.15) is 0 Å².